The molecular weight excluding hydrogens is 237 g/mol. The normalized spacial score (nSPS) is 12.3. The molecule has 82 valence electrons. The molecule has 0 bridgehead atoms. The molecule has 0 spiro atoms. The van der Waals surface area contributed by atoms with Gasteiger partial charge in [0, 0.05) is 10.0 Å². The van der Waals surface area contributed by atoms with Crippen LogP contribution >= 0.6 is 23.2 Å². The van der Waals surface area contributed by atoms with Gasteiger partial charge in [0.05, 0.1) is 7.11 Å². The first-order valence-corrected chi connectivity index (χ1v) is 5.05. The predicted octanol–water partition coefficient (Wildman–Crippen LogP) is 2.43. The molecule has 5 heteroatoms. The van der Waals surface area contributed by atoms with Crippen LogP contribution in [0.2, 0.25) is 10.0 Å². The second kappa shape index (κ2) is 5.35. The summed E-state index contributed by atoms with van der Waals surface area (Å²) in [4.78, 5) is 11.4. The van der Waals surface area contributed by atoms with Crippen LogP contribution in [-0.4, -0.2) is 20.1 Å². The molecule has 0 aromatic heterocycles. The van der Waals surface area contributed by atoms with Gasteiger partial charge in [-0.15, -0.1) is 0 Å². The van der Waals surface area contributed by atoms with Gasteiger partial charge in [-0.1, -0.05) is 29.3 Å². The van der Waals surface area contributed by atoms with Crippen molar-refractivity contribution in [3.63, 3.8) is 0 Å². The number of likely N-dealkylation sites (N-methyl/N-ethyl adjacent to an activating group) is 1. The van der Waals surface area contributed by atoms with E-state index in [9.17, 15) is 4.79 Å². The summed E-state index contributed by atoms with van der Waals surface area (Å²) in [5.74, 6) is -0.387. The minimum Gasteiger partial charge on any atom is -0.468 e. The van der Waals surface area contributed by atoms with Gasteiger partial charge in [0.15, 0.2) is 0 Å². The fraction of sp³-hybridized carbons (Fsp3) is 0.300. The number of ether oxygens (including phenoxy) is 1. The summed E-state index contributed by atoms with van der Waals surface area (Å²) in [7, 11) is 2.99. The fourth-order valence-electron chi connectivity index (χ4n) is 1.25. The first-order chi connectivity index (χ1) is 7.10. The lowest BCUT2D eigenvalue weighted by molar-refractivity contribution is -0.143. The molecule has 0 aliphatic heterocycles. The van der Waals surface area contributed by atoms with E-state index in [1.807, 2.05) is 0 Å². The third-order valence-corrected chi connectivity index (χ3v) is 2.56. The Labute approximate surface area is 98.3 Å². The summed E-state index contributed by atoms with van der Waals surface area (Å²) in [5, 5.41) is 3.80. The van der Waals surface area contributed by atoms with Gasteiger partial charge in [0.2, 0.25) is 0 Å². The van der Waals surface area contributed by atoms with Crippen molar-refractivity contribution in [2.24, 2.45) is 0 Å². The maximum atomic E-state index is 11.4. The van der Waals surface area contributed by atoms with Crippen molar-refractivity contribution < 1.29 is 9.53 Å². The van der Waals surface area contributed by atoms with E-state index in [1.165, 1.54) is 7.11 Å². The SMILES string of the molecule is CNC(C(=O)OC)c1ccc(Cl)cc1Cl. The van der Waals surface area contributed by atoms with Crippen LogP contribution < -0.4 is 5.32 Å². The number of hydrogen-bond acceptors (Lipinski definition) is 3. The fourth-order valence-corrected chi connectivity index (χ4v) is 1.77. The predicted molar refractivity (Wildman–Crippen MR) is 60.3 cm³/mol. The van der Waals surface area contributed by atoms with E-state index in [1.54, 1.807) is 25.2 Å². The van der Waals surface area contributed by atoms with Crippen LogP contribution in [0.1, 0.15) is 11.6 Å². The minimum atomic E-state index is -0.570. The molecule has 1 N–H and O–H groups in total. The van der Waals surface area contributed by atoms with Crippen molar-refractivity contribution in [3.8, 4) is 0 Å². The van der Waals surface area contributed by atoms with Crippen LogP contribution in [0.5, 0.6) is 0 Å². The summed E-state index contributed by atoms with van der Waals surface area (Å²) in [6.45, 7) is 0. The molecule has 1 aromatic rings. The van der Waals surface area contributed by atoms with Crippen LogP contribution in [0, 0.1) is 0 Å². The number of benzene rings is 1. The average molecular weight is 248 g/mol. The standard InChI is InChI=1S/C10H11Cl2NO2/c1-13-9(10(14)15-2)7-4-3-6(11)5-8(7)12/h3-5,9,13H,1-2H3. The number of rotatable bonds is 3. The van der Waals surface area contributed by atoms with E-state index in [0.717, 1.165) is 0 Å². The zero-order valence-electron chi connectivity index (χ0n) is 8.38. The van der Waals surface area contributed by atoms with Gasteiger partial charge in [-0.2, -0.15) is 0 Å². The zero-order valence-corrected chi connectivity index (χ0v) is 9.89. The van der Waals surface area contributed by atoms with Crippen molar-refractivity contribution in [3.05, 3.63) is 33.8 Å². The molecule has 1 unspecified atom stereocenters. The monoisotopic (exact) mass is 247 g/mol. The van der Waals surface area contributed by atoms with Crippen LogP contribution in [0.4, 0.5) is 0 Å². The highest BCUT2D eigenvalue weighted by atomic mass is 35.5. The lowest BCUT2D eigenvalue weighted by Gasteiger charge is -2.15. The molecule has 1 rings (SSSR count). The Bertz CT molecular complexity index is 368. The zero-order chi connectivity index (χ0) is 11.4. The van der Waals surface area contributed by atoms with Crippen LogP contribution in [0.3, 0.4) is 0 Å². The third-order valence-electron chi connectivity index (χ3n) is 2.00. The summed E-state index contributed by atoms with van der Waals surface area (Å²) in [5.41, 5.74) is 0.649. The van der Waals surface area contributed by atoms with Gasteiger partial charge in [-0.25, -0.2) is 4.79 Å². The lowest BCUT2D eigenvalue weighted by atomic mass is 10.1. The molecule has 0 heterocycles. The molecule has 3 nitrogen and oxygen atoms in total. The molecule has 0 fully saturated rings. The van der Waals surface area contributed by atoms with Crippen molar-refractivity contribution in [1.29, 1.82) is 0 Å². The van der Waals surface area contributed by atoms with Gasteiger partial charge in [-0.05, 0) is 24.7 Å². The van der Waals surface area contributed by atoms with Crippen molar-refractivity contribution in [2.45, 2.75) is 6.04 Å². The largest absolute Gasteiger partial charge is 0.468 e. The second-order valence-electron chi connectivity index (χ2n) is 2.91. The molecule has 0 radical (unpaired) electrons. The maximum absolute atomic E-state index is 11.4. The Morgan fingerprint density at radius 1 is 1.47 bits per heavy atom. The lowest BCUT2D eigenvalue weighted by Crippen LogP contribution is -2.26. The highest BCUT2D eigenvalue weighted by Gasteiger charge is 2.21. The number of methoxy groups -OCH3 is 1. The number of halogens is 2. The van der Waals surface area contributed by atoms with Crippen LogP contribution in [0.15, 0.2) is 18.2 Å². The van der Waals surface area contributed by atoms with E-state index < -0.39 is 6.04 Å². The van der Waals surface area contributed by atoms with Gasteiger partial charge in [0.1, 0.15) is 6.04 Å². The van der Waals surface area contributed by atoms with Crippen molar-refractivity contribution in [2.75, 3.05) is 14.2 Å². The van der Waals surface area contributed by atoms with Gasteiger partial charge < -0.3 is 10.1 Å². The smallest absolute Gasteiger partial charge is 0.327 e. The Morgan fingerprint density at radius 3 is 2.60 bits per heavy atom. The summed E-state index contributed by atoms with van der Waals surface area (Å²) >= 11 is 11.7. The molecule has 15 heavy (non-hydrogen) atoms. The Morgan fingerprint density at radius 2 is 2.13 bits per heavy atom. The molecule has 0 saturated heterocycles. The number of carbonyl (C=O) groups excluding carboxylic acids is 1. The molecule has 0 amide bonds. The summed E-state index contributed by atoms with van der Waals surface area (Å²) < 4.78 is 4.65. The molecule has 0 saturated carbocycles. The van der Waals surface area contributed by atoms with Crippen molar-refractivity contribution in [1.82, 2.24) is 5.32 Å². The van der Waals surface area contributed by atoms with E-state index in [2.05, 4.69) is 10.1 Å². The number of esters is 1. The van der Waals surface area contributed by atoms with Gasteiger partial charge in [0.25, 0.3) is 0 Å². The van der Waals surface area contributed by atoms with E-state index in [-0.39, 0.29) is 5.97 Å². The van der Waals surface area contributed by atoms with Gasteiger partial charge >= 0.3 is 5.97 Å². The van der Waals surface area contributed by atoms with E-state index in [0.29, 0.717) is 15.6 Å². The van der Waals surface area contributed by atoms with E-state index >= 15 is 0 Å². The number of carbonyl (C=O) groups is 1. The topological polar surface area (TPSA) is 38.3 Å². The van der Waals surface area contributed by atoms with E-state index in [4.69, 9.17) is 23.2 Å². The first-order valence-electron chi connectivity index (χ1n) is 4.30. The van der Waals surface area contributed by atoms with Crippen LogP contribution in [0.25, 0.3) is 0 Å². The summed E-state index contributed by atoms with van der Waals surface area (Å²) in [6, 6.07) is 4.39. The Kier molecular flexibility index (Phi) is 4.39. The third kappa shape index (κ3) is 2.84. The van der Waals surface area contributed by atoms with Crippen molar-refractivity contribution >= 4 is 29.2 Å². The molecule has 0 aliphatic rings. The summed E-state index contributed by atoms with van der Waals surface area (Å²) in [6.07, 6.45) is 0. The molecule has 0 aliphatic carbocycles. The Hall–Kier alpha value is -0.770. The molecular formula is C10H11Cl2NO2. The number of hydrogen-bond donors (Lipinski definition) is 1. The van der Waals surface area contributed by atoms with Gasteiger partial charge in [-0.3, -0.25) is 0 Å². The second-order valence-corrected chi connectivity index (χ2v) is 3.75. The molecule has 1 aromatic carbocycles. The quantitative estimate of drug-likeness (QED) is 0.835. The maximum Gasteiger partial charge on any atom is 0.327 e. The highest BCUT2D eigenvalue weighted by Crippen LogP contribution is 2.26. The molecule has 1 atom stereocenters. The van der Waals surface area contributed by atoms with Crippen LogP contribution in [-0.2, 0) is 9.53 Å². The first kappa shape index (κ1) is 12.3. The Balaban J connectivity index is 3.07. The number of nitrogens with one attached hydrogen (secondary N) is 1. The average Bonchev–Trinajstić information content (AvgIpc) is 2.21. The minimum absolute atomic E-state index is 0.387. The highest BCUT2D eigenvalue weighted by molar-refractivity contribution is 6.35.